The average Bonchev–Trinajstić information content (AvgIpc) is 2.23. The summed E-state index contributed by atoms with van der Waals surface area (Å²) in [5.74, 6) is -2.36. The van der Waals surface area contributed by atoms with Crippen molar-refractivity contribution in [2.45, 2.75) is 11.2 Å². The molecular weight excluding hydrogens is 270 g/mol. The highest BCUT2D eigenvalue weighted by molar-refractivity contribution is 9.10. The Morgan fingerprint density at radius 2 is 2.20 bits per heavy atom. The number of hydrogen-bond donors (Lipinski definition) is 0. The minimum absolute atomic E-state index is 0.0519. The van der Waals surface area contributed by atoms with E-state index in [-0.39, 0.29) is 12.0 Å². The van der Waals surface area contributed by atoms with Crippen LogP contribution in [0.25, 0.3) is 0 Å². The molecule has 0 fully saturated rings. The zero-order chi connectivity index (χ0) is 11.4. The van der Waals surface area contributed by atoms with Gasteiger partial charge in [-0.3, -0.25) is 4.79 Å². The van der Waals surface area contributed by atoms with E-state index in [0.29, 0.717) is 0 Å². The number of halogens is 3. The summed E-state index contributed by atoms with van der Waals surface area (Å²) >= 11 is 3.04. The monoisotopic (exact) mass is 278 g/mol. The van der Waals surface area contributed by atoms with Crippen molar-refractivity contribution in [3.8, 4) is 0 Å². The van der Waals surface area contributed by atoms with Crippen molar-refractivity contribution in [2.24, 2.45) is 0 Å². The molecule has 1 atom stereocenters. The summed E-state index contributed by atoms with van der Waals surface area (Å²) in [6, 6.07) is 3.85. The smallest absolute Gasteiger partial charge is 0.319 e. The van der Waals surface area contributed by atoms with E-state index in [1.54, 1.807) is 0 Å². The first-order chi connectivity index (χ1) is 7.06. The van der Waals surface area contributed by atoms with Crippen LogP contribution >= 0.6 is 15.9 Å². The molecule has 0 aliphatic carbocycles. The standard InChI is InChI=1S/C10H9BrF2O2/c1-15-10(14)7(11)5-6-3-2-4-8(12)9(6)13/h2-4,7H,5H2,1H3. The van der Waals surface area contributed by atoms with E-state index >= 15 is 0 Å². The third kappa shape index (κ3) is 2.99. The van der Waals surface area contributed by atoms with Gasteiger partial charge in [-0.1, -0.05) is 28.1 Å². The summed E-state index contributed by atoms with van der Waals surface area (Å²) in [7, 11) is 1.23. The van der Waals surface area contributed by atoms with Crippen LogP contribution in [0, 0.1) is 11.6 Å². The maximum absolute atomic E-state index is 13.2. The molecule has 1 unspecified atom stereocenters. The van der Waals surface area contributed by atoms with Gasteiger partial charge in [0.2, 0.25) is 0 Å². The highest BCUT2D eigenvalue weighted by atomic mass is 79.9. The molecule has 0 aliphatic rings. The fourth-order valence-electron chi connectivity index (χ4n) is 1.11. The van der Waals surface area contributed by atoms with E-state index < -0.39 is 22.4 Å². The molecule has 0 saturated heterocycles. The number of benzene rings is 1. The highest BCUT2D eigenvalue weighted by Crippen LogP contribution is 2.16. The number of hydrogen-bond acceptors (Lipinski definition) is 2. The molecule has 0 aromatic heterocycles. The zero-order valence-corrected chi connectivity index (χ0v) is 9.55. The molecule has 0 heterocycles. The first-order valence-electron chi connectivity index (χ1n) is 4.21. The topological polar surface area (TPSA) is 26.3 Å². The molecule has 82 valence electrons. The average molecular weight is 279 g/mol. The summed E-state index contributed by atoms with van der Waals surface area (Å²) in [6.45, 7) is 0. The van der Waals surface area contributed by atoms with Gasteiger partial charge in [0.05, 0.1) is 7.11 Å². The van der Waals surface area contributed by atoms with Gasteiger partial charge < -0.3 is 4.74 Å². The van der Waals surface area contributed by atoms with E-state index in [2.05, 4.69) is 20.7 Å². The molecule has 15 heavy (non-hydrogen) atoms. The van der Waals surface area contributed by atoms with Crippen LogP contribution in [0.1, 0.15) is 5.56 Å². The van der Waals surface area contributed by atoms with Gasteiger partial charge in [-0.25, -0.2) is 8.78 Å². The van der Waals surface area contributed by atoms with Crippen molar-refractivity contribution in [1.82, 2.24) is 0 Å². The van der Waals surface area contributed by atoms with Crippen LogP contribution in [0.5, 0.6) is 0 Å². The predicted molar refractivity (Wildman–Crippen MR) is 54.8 cm³/mol. The SMILES string of the molecule is COC(=O)C(Br)Cc1cccc(F)c1F. The molecule has 1 rings (SSSR count). The molecule has 2 nitrogen and oxygen atoms in total. The molecule has 0 N–H and O–H groups in total. The fraction of sp³-hybridized carbons (Fsp3) is 0.300. The third-order valence-corrected chi connectivity index (χ3v) is 2.59. The number of alkyl halides is 1. The van der Waals surface area contributed by atoms with Gasteiger partial charge in [0.25, 0.3) is 0 Å². The first-order valence-corrected chi connectivity index (χ1v) is 5.12. The summed E-state index contributed by atoms with van der Waals surface area (Å²) in [4.78, 5) is 10.4. The molecule has 5 heteroatoms. The lowest BCUT2D eigenvalue weighted by molar-refractivity contribution is -0.139. The van der Waals surface area contributed by atoms with Crippen LogP contribution in [0.15, 0.2) is 18.2 Å². The van der Waals surface area contributed by atoms with Gasteiger partial charge >= 0.3 is 5.97 Å². The number of carbonyl (C=O) groups excluding carboxylic acids is 1. The Morgan fingerprint density at radius 3 is 2.80 bits per heavy atom. The van der Waals surface area contributed by atoms with Crippen molar-refractivity contribution in [2.75, 3.05) is 7.11 Å². The van der Waals surface area contributed by atoms with Crippen molar-refractivity contribution in [3.63, 3.8) is 0 Å². The summed E-state index contributed by atoms with van der Waals surface area (Å²) in [5, 5.41) is 0. The van der Waals surface area contributed by atoms with Crippen LogP contribution in [-0.4, -0.2) is 17.9 Å². The molecule has 0 saturated carbocycles. The minimum Gasteiger partial charge on any atom is -0.468 e. The van der Waals surface area contributed by atoms with E-state index in [9.17, 15) is 13.6 Å². The molecule has 0 spiro atoms. The highest BCUT2D eigenvalue weighted by Gasteiger charge is 2.18. The Kier molecular flexibility index (Phi) is 4.20. The molecule has 0 bridgehead atoms. The molecule has 0 amide bonds. The third-order valence-electron chi connectivity index (χ3n) is 1.89. The zero-order valence-electron chi connectivity index (χ0n) is 7.97. The summed E-state index contributed by atoms with van der Waals surface area (Å²) in [6.07, 6.45) is 0.0519. The van der Waals surface area contributed by atoms with Gasteiger partial charge in [-0.05, 0) is 18.1 Å². The Hall–Kier alpha value is -0.970. The van der Waals surface area contributed by atoms with Gasteiger partial charge in [-0.15, -0.1) is 0 Å². The van der Waals surface area contributed by atoms with E-state index in [0.717, 1.165) is 6.07 Å². The van der Waals surface area contributed by atoms with Gasteiger partial charge in [0, 0.05) is 0 Å². The second-order valence-electron chi connectivity index (χ2n) is 2.91. The maximum atomic E-state index is 13.2. The van der Waals surface area contributed by atoms with Crippen LogP contribution < -0.4 is 0 Å². The summed E-state index contributed by atoms with van der Waals surface area (Å²) in [5.41, 5.74) is 0.141. The number of ether oxygens (including phenoxy) is 1. The molecule has 0 aliphatic heterocycles. The molecule has 1 aromatic rings. The second kappa shape index (κ2) is 5.21. The number of rotatable bonds is 3. The summed E-state index contributed by atoms with van der Waals surface area (Å²) < 4.78 is 30.4. The Balaban J connectivity index is 2.81. The Labute approximate surface area is 94.4 Å². The molecule has 0 radical (unpaired) electrons. The van der Waals surface area contributed by atoms with Gasteiger partial charge in [0.15, 0.2) is 11.6 Å². The largest absolute Gasteiger partial charge is 0.468 e. The normalized spacial score (nSPS) is 12.3. The van der Waals surface area contributed by atoms with Crippen LogP contribution in [0.2, 0.25) is 0 Å². The lowest BCUT2D eigenvalue weighted by Gasteiger charge is -2.08. The second-order valence-corrected chi connectivity index (χ2v) is 4.01. The van der Waals surface area contributed by atoms with Gasteiger partial charge in [-0.2, -0.15) is 0 Å². The van der Waals surface area contributed by atoms with E-state index in [1.807, 2.05) is 0 Å². The lowest BCUT2D eigenvalue weighted by atomic mass is 10.1. The lowest BCUT2D eigenvalue weighted by Crippen LogP contribution is -2.18. The number of esters is 1. The number of methoxy groups -OCH3 is 1. The van der Waals surface area contributed by atoms with Crippen LogP contribution in [0.4, 0.5) is 8.78 Å². The van der Waals surface area contributed by atoms with Crippen molar-refractivity contribution in [1.29, 1.82) is 0 Å². The Morgan fingerprint density at radius 1 is 1.53 bits per heavy atom. The molecular formula is C10H9BrF2O2. The number of carbonyl (C=O) groups is 1. The van der Waals surface area contributed by atoms with E-state index in [4.69, 9.17) is 0 Å². The Bertz CT molecular complexity index is 368. The van der Waals surface area contributed by atoms with Crippen LogP contribution in [0.3, 0.4) is 0 Å². The van der Waals surface area contributed by atoms with Gasteiger partial charge in [0.1, 0.15) is 4.83 Å². The fourth-order valence-corrected chi connectivity index (χ4v) is 1.65. The van der Waals surface area contributed by atoms with Crippen molar-refractivity contribution < 1.29 is 18.3 Å². The molecule has 1 aromatic carbocycles. The van der Waals surface area contributed by atoms with E-state index in [1.165, 1.54) is 19.2 Å². The minimum atomic E-state index is -0.925. The van der Waals surface area contributed by atoms with Crippen molar-refractivity contribution in [3.05, 3.63) is 35.4 Å². The quantitative estimate of drug-likeness (QED) is 0.627. The van der Waals surface area contributed by atoms with Crippen molar-refractivity contribution >= 4 is 21.9 Å². The van der Waals surface area contributed by atoms with Crippen LogP contribution in [-0.2, 0) is 16.0 Å². The predicted octanol–water partition coefficient (Wildman–Crippen LogP) is 2.44. The first kappa shape index (κ1) is 12.1. The maximum Gasteiger partial charge on any atom is 0.319 e.